The number of rotatable bonds is 4. The molecule has 2 aromatic carbocycles. The largest absolute Gasteiger partial charge is 0.490 e. The van der Waals surface area contributed by atoms with E-state index in [2.05, 4.69) is 26.0 Å². The summed E-state index contributed by atoms with van der Waals surface area (Å²) in [6.45, 7) is 1.66. The number of aryl methyl sites for hydroxylation is 1. The van der Waals surface area contributed by atoms with Crippen molar-refractivity contribution in [3.8, 4) is 5.75 Å². The zero-order chi connectivity index (χ0) is 18.8. The first-order valence-electron chi connectivity index (χ1n) is 7.47. The van der Waals surface area contributed by atoms with Gasteiger partial charge in [-0.1, -0.05) is 22.0 Å². The van der Waals surface area contributed by atoms with E-state index in [0.29, 0.717) is 22.3 Å². The van der Waals surface area contributed by atoms with Crippen LogP contribution in [0, 0.1) is 17.0 Å². The van der Waals surface area contributed by atoms with E-state index in [0.717, 1.165) is 9.15 Å². The average Bonchev–Trinajstić information content (AvgIpc) is 2.61. The summed E-state index contributed by atoms with van der Waals surface area (Å²) < 4.78 is 7.03. The Kier molecular flexibility index (Phi) is 4.81. The minimum absolute atomic E-state index is 0.0726. The maximum atomic E-state index is 12.7. The molecule has 0 aliphatic heterocycles. The highest BCUT2D eigenvalue weighted by Gasteiger charge is 2.17. The lowest BCUT2D eigenvalue weighted by Crippen LogP contribution is -2.20. The fraction of sp³-hybridized carbons (Fsp3) is 0.118. The molecule has 0 amide bonds. The van der Waals surface area contributed by atoms with Gasteiger partial charge in [-0.25, -0.2) is 4.98 Å². The quantitative estimate of drug-likeness (QED) is 0.369. The second kappa shape index (κ2) is 7.04. The molecule has 0 aliphatic carbocycles. The van der Waals surface area contributed by atoms with Crippen LogP contribution < -0.4 is 10.3 Å². The molecule has 1 heterocycles. The smallest absolute Gasteiger partial charge is 0.311 e. The molecule has 0 spiro atoms. The molecule has 3 aromatic rings. The number of nitrogens with zero attached hydrogens (tertiary/aromatic N) is 4. The number of methoxy groups -OCH3 is 1. The molecule has 26 heavy (non-hydrogen) atoms. The van der Waals surface area contributed by atoms with Gasteiger partial charge in [-0.15, -0.1) is 0 Å². The molecule has 0 fully saturated rings. The highest BCUT2D eigenvalue weighted by molar-refractivity contribution is 9.10. The number of hydrogen-bond donors (Lipinski definition) is 0. The Morgan fingerprint density at radius 1 is 1.35 bits per heavy atom. The molecule has 0 radical (unpaired) electrons. The van der Waals surface area contributed by atoms with Gasteiger partial charge in [0.25, 0.3) is 5.56 Å². The molecule has 1 aromatic heterocycles. The van der Waals surface area contributed by atoms with E-state index in [9.17, 15) is 14.9 Å². The summed E-state index contributed by atoms with van der Waals surface area (Å²) in [6.07, 6.45) is 1.34. The molecule has 0 aliphatic rings. The number of halogens is 1. The van der Waals surface area contributed by atoms with E-state index in [1.54, 1.807) is 31.2 Å². The minimum atomic E-state index is -0.539. The highest BCUT2D eigenvalue weighted by Crippen LogP contribution is 2.29. The average molecular weight is 417 g/mol. The second-order valence-electron chi connectivity index (χ2n) is 5.34. The van der Waals surface area contributed by atoms with E-state index in [1.807, 2.05) is 0 Å². The molecule has 0 bridgehead atoms. The van der Waals surface area contributed by atoms with Crippen molar-refractivity contribution >= 4 is 38.7 Å². The number of hydrogen-bond acceptors (Lipinski definition) is 6. The number of aromatic nitrogens is 2. The Balaban J connectivity index is 2.14. The fourth-order valence-electron chi connectivity index (χ4n) is 2.53. The molecule has 0 saturated carbocycles. The first-order chi connectivity index (χ1) is 12.4. The van der Waals surface area contributed by atoms with Crippen LogP contribution in [0.2, 0.25) is 0 Å². The van der Waals surface area contributed by atoms with Gasteiger partial charge >= 0.3 is 5.69 Å². The van der Waals surface area contributed by atoms with Gasteiger partial charge < -0.3 is 4.74 Å². The van der Waals surface area contributed by atoms with Crippen molar-refractivity contribution in [3.63, 3.8) is 0 Å². The number of para-hydroxylation sites is 1. The predicted octanol–water partition coefficient (Wildman–Crippen LogP) is 3.27. The third-order valence-electron chi connectivity index (χ3n) is 3.71. The Bertz CT molecular complexity index is 1110. The molecule has 0 atom stereocenters. The zero-order valence-corrected chi connectivity index (χ0v) is 15.4. The van der Waals surface area contributed by atoms with E-state index in [-0.39, 0.29) is 17.0 Å². The van der Waals surface area contributed by atoms with Crippen molar-refractivity contribution < 1.29 is 9.66 Å². The van der Waals surface area contributed by atoms with Crippen LogP contribution >= 0.6 is 15.9 Å². The lowest BCUT2D eigenvalue weighted by Gasteiger charge is -2.07. The van der Waals surface area contributed by atoms with E-state index in [4.69, 9.17) is 4.74 Å². The maximum absolute atomic E-state index is 12.7. The van der Waals surface area contributed by atoms with Gasteiger partial charge in [-0.2, -0.15) is 9.78 Å². The van der Waals surface area contributed by atoms with Crippen molar-refractivity contribution in [2.24, 2.45) is 5.10 Å². The van der Waals surface area contributed by atoms with Crippen LogP contribution in [0.1, 0.15) is 11.4 Å². The number of nitro benzene ring substituents is 1. The molecule has 132 valence electrons. The Morgan fingerprint density at radius 2 is 2.12 bits per heavy atom. The third-order valence-corrected chi connectivity index (χ3v) is 4.20. The third kappa shape index (κ3) is 3.21. The minimum Gasteiger partial charge on any atom is -0.490 e. The lowest BCUT2D eigenvalue weighted by molar-refractivity contribution is -0.385. The maximum Gasteiger partial charge on any atom is 0.311 e. The molecular weight excluding hydrogens is 404 g/mol. The predicted molar refractivity (Wildman–Crippen MR) is 101 cm³/mol. The van der Waals surface area contributed by atoms with Crippen molar-refractivity contribution in [1.82, 2.24) is 9.66 Å². The first kappa shape index (κ1) is 17.7. The molecule has 3 rings (SSSR count). The van der Waals surface area contributed by atoms with Gasteiger partial charge in [0.15, 0.2) is 0 Å². The van der Waals surface area contributed by atoms with Gasteiger partial charge in [0, 0.05) is 16.1 Å². The summed E-state index contributed by atoms with van der Waals surface area (Å²) in [4.78, 5) is 27.6. The van der Waals surface area contributed by atoms with Gasteiger partial charge in [-0.3, -0.25) is 14.9 Å². The van der Waals surface area contributed by atoms with Crippen LogP contribution in [-0.4, -0.2) is 27.9 Å². The summed E-state index contributed by atoms with van der Waals surface area (Å²) in [6, 6.07) is 9.68. The van der Waals surface area contributed by atoms with Crippen molar-refractivity contribution in [2.45, 2.75) is 6.92 Å². The molecule has 0 saturated heterocycles. The Morgan fingerprint density at radius 3 is 2.81 bits per heavy atom. The van der Waals surface area contributed by atoms with Crippen LogP contribution in [0.4, 0.5) is 5.69 Å². The Hall–Kier alpha value is -3.07. The SMILES string of the molecule is COc1c(C=Nn2c(C)nc3ccc(Br)cc3c2=O)cccc1[N+](=O)[O-]. The van der Waals surface area contributed by atoms with Gasteiger partial charge in [0.2, 0.25) is 5.75 Å². The summed E-state index contributed by atoms with van der Waals surface area (Å²) in [5.41, 5.74) is 0.424. The number of nitro groups is 1. The van der Waals surface area contributed by atoms with Gasteiger partial charge in [-0.05, 0) is 31.2 Å². The highest BCUT2D eigenvalue weighted by atomic mass is 79.9. The van der Waals surface area contributed by atoms with Crippen LogP contribution in [-0.2, 0) is 0 Å². The number of fused-ring (bicyclic) bond motifs is 1. The van der Waals surface area contributed by atoms with Crippen LogP contribution in [0.3, 0.4) is 0 Å². The summed E-state index contributed by atoms with van der Waals surface area (Å²) in [5, 5.41) is 15.7. The Labute approximate surface area is 156 Å². The van der Waals surface area contributed by atoms with E-state index in [1.165, 1.54) is 25.5 Å². The summed E-state index contributed by atoms with van der Waals surface area (Å²) in [5.74, 6) is 0.467. The molecule has 9 heteroatoms. The molecule has 0 N–H and O–H groups in total. The summed E-state index contributed by atoms with van der Waals surface area (Å²) in [7, 11) is 1.34. The zero-order valence-electron chi connectivity index (χ0n) is 13.8. The van der Waals surface area contributed by atoms with E-state index >= 15 is 0 Å². The molecule has 8 nitrogen and oxygen atoms in total. The van der Waals surface area contributed by atoms with Crippen LogP contribution in [0.25, 0.3) is 10.9 Å². The van der Waals surface area contributed by atoms with Crippen molar-refractivity contribution in [2.75, 3.05) is 7.11 Å². The monoisotopic (exact) mass is 416 g/mol. The van der Waals surface area contributed by atoms with Gasteiger partial charge in [0.1, 0.15) is 5.82 Å². The van der Waals surface area contributed by atoms with Crippen LogP contribution in [0.15, 0.2) is 50.8 Å². The molecular formula is C17H13BrN4O4. The topological polar surface area (TPSA) is 99.6 Å². The van der Waals surface area contributed by atoms with Crippen molar-refractivity contribution in [1.29, 1.82) is 0 Å². The fourth-order valence-corrected chi connectivity index (χ4v) is 2.89. The van der Waals surface area contributed by atoms with Crippen molar-refractivity contribution in [3.05, 3.63) is 72.7 Å². The normalized spacial score (nSPS) is 11.2. The lowest BCUT2D eigenvalue weighted by atomic mass is 10.2. The summed E-state index contributed by atoms with van der Waals surface area (Å²) >= 11 is 3.33. The number of ether oxygens (including phenoxy) is 1. The van der Waals surface area contributed by atoms with Gasteiger partial charge in [0.05, 0.1) is 29.2 Å². The first-order valence-corrected chi connectivity index (χ1v) is 8.26. The second-order valence-corrected chi connectivity index (χ2v) is 6.25. The number of benzene rings is 2. The standard InChI is InChI=1S/C17H13BrN4O4/c1-10-20-14-7-6-12(18)8-13(14)17(23)21(10)19-9-11-4-3-5-15(22(24)25)16(11)26-2/h3-9H,1-2H3. The van der Waals surface area contributed by atoms with Crippen LogP contribution in [0.5, 0.6) is 5.75 Å². The van der Waals surface area contributed by atoms with E-state index < -0.39 is 4.92 Å². The molecule has 0 unspecified atom stereocenters.